The molecule has 13 nitrogen and oxygen atoms in total. The van der Waals surface area contributed by atoms with Crippen LogP contribution in [0.2, 0.25) is 0 Å². The Morgan fingerprint density at radius 1 is 1.19 bits per heavy atom. The monoisotopic (exact) mass is 489 g/mol. The first-order valence-electron chi connectivity index (χ1n) is 11.3. The van der Waals surface area contributed by atoms with Gasteiger partial charge >= 0.3 is 0 Å². The second kappa shape index (κ2) is 8.41. The number of H-pyrrole nitrogens is 1. The van der Waals surface area contributed by atoms with Gasteiger partial charge in [-0.05, 0) is 11.6 Å². The number of aromatic nitrogens is 7. The van der Waals surface area contributed by atoms with Crippen molar-refractivity contribution >= 4 is 40.2 Å². The van der Waals surface area contributed by atoms with E-state index in [-0.39, 0.29) is 36.1 Å². The van der Waals surface area contributed by atoms with Crippen LogP contribution in [-0.4, -0.2) is 63.1 Å². The lowest BCUT2D eigenvalue weighted by atomic mass is 10.1. The first-order chi connectivity index (χ1) is 17.4. The number of rotatable bonds is 5. The number of anilines is 3. The summed E-state index contributed by atoms with van der Waals surface area (Å²) in [4.78, 5) is 32.8. The number of aliphatic hydroxyl groups excluding tert-OH is 2. The minimum absolute atomic E-state index is 0.0421. The first-order valence-corrected chi connectivity index (χ1v) is 11.3. The van der Waals surface area contributed by atoms with Crippen molar-refractivity contribution < 1.29 is 14.9 Å². The quantitative estimate of drug-likeness (QED) is 0.239. The van der Waals surface area contributed by atoms with Gasteiger partial charge in [0.05, 0.1) is 18.2 Å². The Morgan fingerprint density at radius 2 is 2.00 bits per heavy atom. The van der Waals surface area contributed by atoms with Gasteiger partial charge in [0.25, 0.3) is 5.56 Å². The molecule has 0 bridgehead atoms. The topological polar surface area (TPSA) is 182 Å². The highest BCUT2D eigenvalue weighted by molar-refractivity contribution is 5.82. The van der Waals surface area contributed by atoms with Crippen molar-refractivity contribution in [3.8, 4) is 11.1 Å². The summed E-state index contributed by atoms with van der Waals surface area (Å²) in [6, 6.07) is 11.9. The molecule has 1 aliphatic rings. The number of nitrogens with zero attached hydrogens (tertiary/aromatic N) is 6. The van der Waals surface area contributed by atoms with Crippen LogP contribution in [0, 0.1) is 0 Å². The van der Waals surface area contributed by atoms with Crippen LogP contribution in [0.25, 0.3) is 33.5 Å². The number of imidazole rings is 2. The number of aromatic amines is 1. The molecule has 0 unspecified atom stereocenters. The van der Waals surface area contributed by atoms with Crippen molar-refractivity contribution in [3.05, 3.63) is 52.9 Å². The molecule has 0 amide bonds. The Bertz CT molecular complexity index is 1640. The minimum atomic E-state index is -0.902. The lowest BCUT2D eigenvalue weighted by Crippen LogP contribution is -2.24. The number of nitrogens with one attached hydrogen (secondary N) is 2. The SMILES string of the molecule is Cn1c(Nc2nc3c(=O)[nH]c(N)nc3n2[C@H]2C[C@@H](O)[C@@H](CO)O2)nc2ncc(-c3ccccc3)cc21. The van der Waals surface area contributed by atoms with Gasteiger partial charge in [-0.2, -0.15) is 9.97 Å². The molecule has 36 heavy (non-hydrogen) atoms. The lowest BCUT2D eigenvalue weighted by Gasteiger charge is -2.17. The molecule has 5 heterocycles. The van der Waals surface area contributed by atoms with E-state index in [1.807, 2.05) is 48.0 Å². The van der Waals surface area contributed by atoms with E-state index in [9.17, 15) is 15.0 Å². The molecule has 0 spiro atoms. The van der Waals surface area contributed by atoms with Gasteiger partial charge in [0.2, 0.25) is 17.8 Å². The number of nitrogens with two attached hydrogens (primary N) is 1. The predicted molar refractivity (Wildman–Crippen MR) is 131 cm³/mol. The largest absolute Gasteiger partial charge is 0.394 e. The first kappa shape index (κ1) is 22.2. The van der Waals surface area contributed by atoms with Crippen molar-refractivity contribution in [3.63, 3.8) is 0 Å². The van der Waals surface area contributed by atoms with Crippen molar-refractivity contribution in [1.82, 2.24) is 34.1 Å². The fourth-order valence-corrected chi connectivity index (χ4v) is 4.47. The second-order valence-electron chi connectivity index (χ2n) is 8.60. The van der Waals surface area contributed by atoms with Crippen LogP contribution in [0.5, 0.6) is 0 Å². The Hall–Kier alpha value is -4.33. The zero-order valence-corrected chi connectivity index (χ0v) is 19.2. The van der Waals surface area contributed by atoms with Gasteiger partial charge in [-0.1, -0.05) is 30.3 Å². The maximum absolute atomic E-state index is 12.6. The summed E-state index contributed by atoms with van der Waals surface area (Å²) in [7, 11) is 1.84. The molecule has 1 saturated heterocycles. The van der Waals surface area contributed by atoms with Crippen LogP contribution in [-0.2, 0) is 11.8 Å². The molecule has 1 aromatic carbocycles. The normalized spacial score (nSPS) is 19.9. The number of fused-ring (bicyclic) bond motifs is 2. The number of hydrogen-bond acceptors (Lipinski definition) is 10. The van der Waals surface area contributed by atoms with E-state index in [0.29, 0.717) is 11.6 Å². The van der Waals surface area contributed by atoms with E-state index in [1.54, 1.807) is 10.8 Å². The number of benzene rings is 1. The van der Waals surface area contributed by atoms with Crippen LogP contribution >= 0.6 is 0 Å². The molecule has 1 aliphatic heterocycles. The molecule has 0 saturated carbocycles. The minimum Gasteiger partial charge on any atom is -0.394 e. The summed E-state index contributed by atoms with van der Waals surface area (Å²) in [5.74, 6) is 0.546. The van der Waals surface area contributed by atoms with Crippen molar-refractivity contribution in [2.24, 2.45) is 7.05 Å². The summed E-state index contributed by atoms with van der Waals surface area (Å²) in [6.45, 7) is -0.358. The Labute approximate surface area is 203 Å². The third-order valence-corrected chi connectivity index (χ3v) is 6.31. The summed E-state index contributed by atoms with van der Waals surface area (Å²) in [5.41, 5.74) is 8.78. The van der Waals surface area contributed by atoms with Gasteiger partial charge < -0.3 is 25.3 Å². The highest BCUT2D eigenvalue weighted by Crippen LogP contribution is 2.34. The molecular weight excluding hydrogens is 466 g/mol. The number of aryl methyl sites for hydroxylation is 1. The van der Waals surface area contributed by atoms with E-state index in [4.69, 9.17) is 10.5 Å². The molecule has 0 aliphatic carbocycles. The molecule has 5 aromatic rings. The van der Waals surface area contributed by atoms with Crippen LogP contribution < -0.4 is 16.6 Å². The molecule has 0 radical (unpaired) electrons. The lowest BCUT2D eigenvalue weighted by molar-refractivity contribution is -0.0425. The van der Waals surface area contributed by atoms with Crippen molar-refractivity contribution in [2.75, 3.05) is 17.7 Å². The summed E-state index contributed by atoms with van der Waals surface area (Å²) >= 11 is 0. The number of ether oxygens (including phenoxy) is 1. The predicted octanol–water partition coefficient (Wildman–Crippen LogP) is 1.03. The number of aliphatic hydroxyl groups is 2. The van der Waals surface area contributed by atoms with E-state index in [2.05, 4.69) is 30.2 Å². The van der Waals surface area contributed by atoms with E-state index < -0.39 is 24.0 Å². The van der Waals surface area contributed by atoms with Crippen LogP contribution in [0.3, 0.4) is 0 Å². The molecule has 1 fully saturated rings. The second-order valence-corrected chi connectivity index (χ2v) is 8.60. The van der Waals surface area contributed by atoms with Crippen LogP contribution in [0.1, 0.15) is 12.6 Å². The van der Waals surface area contributed by atoms with Gasteiger partial charge in [0, 0.05) is 25.2 Å². The maximum Gasteiger partial charge on any atom is 0.280 e. The average Bonchev–Trinajstić information content (AvgIpc) is 3.52. The van der Waals surface area contributed by atoms with Gasteiger partial charge in [-0.15, -0.1) is 0 Å². The zero-order valence-electron chi connectivity index (χ0n) is 19.2. The standard InChI is InChI=1S/C23H23N9O4/c1-31-13-7-12(11-5-3-2-4-6-11)9-25-18(13)27-22(31)30-23-26-17-19(28-21(24)29-20(17)35)32(23)16-8-14(34)15(10-33)36-16/h2-7,9,14-16,33-34H,8,10H2,1H3,(H3,24,28,29,35)(H,25,26,27,30)/t14-,15-,16-/m1/s1. The third-order valence-electron chi connectivity index (χ3n) is 6.31. The number of hydrogen-bond donors (Lipinski definition) is 5. The number of pyridine rings is 1. The smallest absolute Gasteiger partial charge is 0.280 e. The molecule has 4 aromatic heterocycles. The third kappa shape index (κ3) is 3.57. The summed E-state index contributed by atoms with van der Waals surface area (Å²) in [5, 5.41) is 23.0. The van der Waals surface area contributed by atoms with E-state index in [1.165, 1.54) is 0 Å². The molecule has 3 atom stereocenters. The Kier molecular flexibility index (Phi) is 5.17. The maximum atomic E-state index is 12.6. The van der Waals surface area contributed by atoms with Crippen molar-refractivity contribution in [2.45, 2.75) is 24.9 Å². The fraction of sp³-hybridized carbons (Fsp3) is 0.261. The van der Waals surface area contributed by atoms with Gasteiger partial charge in [0.15, 0.2) is 16.8 Å². The molecular formula is C23H23N9O4. The van der Waals surface area contributed by atoms with Crippen LogP contribution in [0.15, 0.2) is 47.4 Å². The molecule has 6 rings (SSSR count). The zero-order chi connectivity index (χ0) is 25.0. The van der Waals surface area contributed by atoms with E-state index in [0.717, 1.165) is 16.6 Å². The summed E-state index contributed by atoms with van der Waals surface area (Å²) in [6.07, 6.45) is -0.518. The molecule has 6 N–H and O–H groups in total. The Balaban J connectivity index is 1.45. The highest BCUT2D eigenvalue weighted by Gasteiger charge is 2.37. The fourth-order valence-electron chi connectivity index (χ4n) is 4.47. The van der Waals surface area contributed by atoms with Gasteiger partial charge in [-0.3, -0.25) is 19.7 Å². The number of nitrogen functional groups attached to an aromatic ring is 1. The summed E-state index contributed by atoms with van der Waals surface area (Å²) < 4.78 is 9.21. The van der Waals surface area contributed by atoms with E-state index >= 15 is 0 Å². The molecule has 184 valence electrons. The van der Waals surface area contributed by atoms with Gasteiger partial charge in [-0.25, -0.2) is 9.97 Å². The van der Waals surface area contributed by atoms with Crippen molar-refractivity contribution in [1.29, 1.82) is 0 Å². The van der Waals surface area contributed by atoms with Gasteiger partial charge in [0.1, 0.15) is 12.3 Å². The van der Waals surface area contributed by atoms with Crippen LogP contribution in [0.4, 0.5) is 17.8 Å². The highest BCUT2D eigenvalue weighted by atomic mass is 16.5. The Morgan fingerprint density at radius 3 is 2.75 bits per heavy atom. The molecule has 13 heteroatoms. The average molecular weight is 489 g/mol.